The second-order valence-corrected chi connectivity index (χ2v) is 15.4. The number of hydrogen-bond acceptors (Lipinski definition) is 9. The molecule has 0 radical (unpaired) electrons. The molecule has 0 fully saturated rings. The molecule has 0 saturated carbocycles. The smallest absolute Gasteiger partial charge is 0.306 e. The van der Waals surface area contributed by atoms with Gasteiger partial charge in [-0.15, -0.1) is 0 Å². The van der Waals surface area contributed by atoms with Crippen molar-refractivity contribution in [2.24, 2.45) is 0 Å². The lowest BCUT2D eigenvalue weighted by Gasteiger charge is -2.15. The number of carbonyl (C=O) groups is 1. The number of benzene rings is 4. The number of halogens is 1. The molecule has 0 saturated heterocycles. The Bertz CT molecular complexity index is 2460. The van der Waals surface area contributed by atoms with Gasteiger partial charge in [-0.25, -0.2) is 34.9 Å². The number of aryl methyl sites for hydroxylation is 2. The summed E-state index contributed by atoms with van der Waals surface area (Å²) >= 11 is 0. The van der Waals surface area contributed by atoms with Gasteiger partial charge in [0.2, 0.25) is 0 Å². The summed E-state index contributed by atoms with van der Waals surface area (Å²) in [7, 11) is -8.32. The summed E-state index contributed by atoms with van der Waals surface area (Å²) in [6.45, 7) is 4.17. The molecule has 14 heteroatoms. The van der Waals surface area contributed by atoms with Crippen LogP contribution in [0.1, 0.15) is 30.0 Å². The molecule has 0 bridgehead atoms. The molecule has 0 N–H and O–H groups in total. The highest BCUT2D eigenvalue weighted by Gasteiger charge is 2.29. The van der Waals surface area contributed by atoms with Crippen LogP contribution >= 0.6 is 0 Å². The molecule has 0 atom stereocenters. The van der Waals surface area contributed by atoms with Gasteiger partial charge in [0.05, 0.1) is 23.6 Å². The summed E-state index contributed by atoms with van der Waals surface area (Å²) in [4.78, 5) is 15.7. The second kappa shape index (κ2) is 13.9. The lowest BCUT2D eigenvalue weighted by Crippen LogP contribution is -2.13. The predicted molar refractivity (Wildman–Crippen MR) is 185 cm³/mol. The van der Waals surface area contributed by atoms with Crippen LogP contribution in [0, 0.1) is 12.7 Å². The monoisotopic (exact) mass is 716 g/mol. The largest absolute Gasteiger partial charge is 0.466 e. The zero-order valence-electron chi connectivity index (χ0n) is 27.4. The Kier molecular flexibility index (Phi) is 9.58. The highest BCUT2D eigenvalue weighted by atomic mass is 32.2. The van der Waals surface area contributed by atoms with E-state index in [1.165, 1.54) is 24.4 Å². The molecule has 0 spiro atoms. The summed E-state index contributed by atoms with van der Waals surface area (Å²) in [5, 5.41) is 4.56. The van der Waals surface area contributed by atoms with Crippen molar-refractivity contribution in [3.05, 3.63) is 120 Å². The first-order valence-electron chi connectivity index (χ1n) is 15.6. The molecular weight excluding hydrogens is 684 g/mol. The number of hydrogen-bond donors (Lipinski definition) is 0. The van der Waals surface area contributed by atoms with Gasteiger partial charge in [0.15, 0.2) is 27.2 Å². The highest BCUT2D eigenvalue weighted by Crippen LogP contribution is 2.39. The topological polar surface area (TPSA) is 139 Å². The average molecular weight is 717 g/mol. The van der Waals surface area contributed by atoms with Crippen molar-refractivity contribution in [2.45, 2.75) is 43.0 Å². The third-order valence-corrected chi connectivity index (χ3v) is 10.9. The summed E-state index contributed by atoms with van der Waals surface area (Å²) in [5.74, 6) is -1.40. The first-order chi connectivity index (χ1) is 23.8. The SMILES string of the molecule is CCOC(=O)CCc1cccc(Cn2cnc(-c3cccc(Oc4c(F)cc5c(ccn5S(=O)(=O)c5ccccc5C)c4S(C)(=O)=O)c3)n2)c1. The number of sulfone groups is 1. The summed E-state index contributed by atoms with van der Waals surface area (Å²) in [5.41, 5.74) is 2.81. The number of fused-ring (bicyclic) bond motifs is 1. The van der Waals surface area contributed by atoms with Crippen molar-refractivity contribution in [3.63, 3.8) is 0 Å². The van der Waals surface area contributed by atoms with Crippen LogP contribution < -0.4 is 4.74 Å². The van der Waals surface area contributed by atoms with Gasteiger partial charge in [-0.05, 0) is 61.2 Å². The van der Waals surface area contributed by atoms with Crippen molar-refractivity contribution in [1.82, 2.24) is 18.7 Å². The van der Waals surface area contributed by atoms with Crippen molar-refractivity contribution >= 4 is 36.7 Å². The minimum atomic E-state index is -4.19. The quantitative estimate of drug-likeness (QED) is 0.133. The summed E-state index contributed by atoms with van der Waals surface area (Å²) in [6.07, 6.45) is 4.51. The van der Waals surface area contributed by atoms with Gasteiger partial charge >= 0.3 is 5.97 Å². The van der Waals surface area contributed by atoms with E-state index >= 15 is 4.39 Å². The second-order valence-electron chi connectivity index (χ2n) is 11.6. The van der Waals surface area contributed by atoms with E-state index in [0.29, 0.717) is 36.5 Å². The third-order valence-electron chi connectivity index (χ3n) is 7.93. The van der Waals surface area contributed by atoms with Gasteiger partial charge in [-0.2, -0.15) is 5.10 Å². The first-order valence-corrected chi connectivity index (χ1v) is 18.9. The van der Waals surface area contributed by atoms with Crippen LogP contribution in [-0.2, 0) is 42.4 Å². The number of nitrogens with zero attached hydrogens (tertiary/aromatic N) is 4. The van der Waals surface area contributed by atoms with E-state index in [9.17, 15) is 21.6 Å². The molecule has 11 nitrogen and oxygen atoms in total. The van der Waals surface area contributed by atoms with Gasteiger partial charge in [0.1, 0.15) is 17.0 Å². The maximum Gasteiger partial charge on any atom is 0.306 e. The van der Waals surface area contributed by atoms with Crippen LogP contribution in [-0.4, -0.2) is 54.4 Å². The Morgan fingerprint density at radius 3 is 2.44 bits per heavy atom. The van der Waals surface area contributed by atoms with Gasteiger partial charge in [0, 0.05) is 35.9 Å². The Hall–Kier alpha value is -5.34. The molecule has 6 aromatic rings. The molecule has 0 aliphatic carbocycles. The molecule has 258 valence electrons. The molecule has 2 aromatic heterocycles. The van der Waals surface area contributed by atoms with Gasteiger partial charge in [-0.3, -0.25) is 4.79 Å². The van der Waals surface area contributed by atoms with Crippen molar-refractivity contribution in [3.8, 4) is 22.9 Å². The van der Waals surface area contributed by atoms with Gasteiger partial charge in [0.25, 0.3) is 10.0 Å². The van der Waals surface area contributed by atoms with E-state index in [4.69, 9.17) is 9.47 Å². The van der Waals surface area contributed by atoms with Gasteiger partial charge in [-0.1, -0.05) is 54.6 Å². The minimum Gasteiger partial charge on any atom is -0.466 e. The first kappa shape index (κ1) is 34.5. The molecule has 4 aromatic carbocycles. The number of rotatable bonds is 12. The molecule has 6 rings (SSSR count). The fourth-order valence-electron chi connectivity index (χ4n) is 5.67. The van der Waals surface area contributed by atoms with E-state index in [-0.39, 0.29) is 33.9 Å². The molecule has 2 heterocycles. The lowest BCUT2D eigenvalue weighted by molar-refractivity contribution is -0.143. The number of esters is 1. The Labute approximate surface area is 288 Å². The van der Waals surface area contributed by atoms with Crippen molar-refractivity contribution in [2.75, 3.05) is 12.9 Å². The molecule has 0 unspecified atom stereocenters. The van der Waals surface area contributed by atoms with E-state index in [1.54, 1.807) is 61.3 Å². The van der Waals surface area contributed by atoms with E-state index < -0.39 is 36.3 Å². The molecular formula is C36H33FN4O7S2. The Morgan fingerprint density at radius 2 is 1.68 bits per heavy atom. The average Bonchev–Trinajstić information content (AvgIpc) is 3.72. The van der Waals surface area contributed by atoms with Crippen molar-refractivity contribution in [1.29, 1.82) is 0 Å². The number of aromatic nitrogens is 4. The molecule has 50 heavy (non-hydrogen) atoms. The fourth-order valence-corrected chi connectivity index (χ4v) is 8.29. The van der Waals surface area contributed by atoms with E-state index in [0.717, 1.165) is 27.4 Å². The van der Waals surface area contributed by atoms with Crippen LogP contribution in [0.15, 0.2) is 107 Å². The third kappa shape index (κ3) is 7.16. The van der Waals surface area contributed by atoms with Crippen molar-refractivity contribution < 1.29 is 35.5 Å². The Balaban J connectivity index is 1.27. The zero-order valence-corrected chi connectivity index (χ0v) is 29.0. The normalized spacial score (nSPS) is 11.9. The summed E-state index contributed by atoms with van der Waals surface area (Å²) < 4.78 is 82.6. The fraction of sp³-hybridized carbons (Fsp3) is 0.194. The maximum absolute atomic E-state index is 15.9. The standard InChI is InChI=1S/C36H33FN4O7S2/c1-4-47-33(42)16-15-25-10-7-11-26(19-25)22-40-23-38-36(39-40)27-12-8-13-28(20-27)48-34-30(37)21-31-29(35(34)49(3,43)44)17-18-41(31)50(45,46)32-14-6-5-9-24(32)2/h5-14,17-21,23H,4,15-16,22H2,1-3H3. The zero-order chi connectivity index (χ0) is 35.6. The Morgan fingerprint density at radius 1 is 0.920 bits per heavy atom. The van der Waals surface area contributed by atoms with E-state index in [2.05, 4.69) is 10.1 Å². The van der Waals surface area contributed by atoms with Crippen LogP contribution in [0.3, 0.4) is 0 Å². The molecule has 0 amide bonds. The van der Waals surface area contributed by atoms with Crippen LogP contribution in [0.4, 0.5) is 4.39 Å². The van der Waals surface area contributed by atoms with Gasteiger partial charge < -0.3 is 9.47 Å². The van der Waals surface area contributed by atoms with Crippen LogP contribution in [0.5, 0.6) is 11.5 Å². The van der Waals surface area contributed by atoms with E-state index in [1.807, 2.05) is 24.3 Å². The number of ether oxygens (including phenoxy) is 2. The van der Waals surface area contributed by atoms with Crippen LogP contribution in [0.2, 0.25) is 0 Å². The predicted octanol–water partition coefficient (Wildman–Crippen LogP) is 6.32. The van der Waals surface area contributed by atoms with Crippen LogP contribution in [0.25, 0.3) is 22.3 Å². The maximum atomic E-state index is 15.9. The molecule has 0 aliphatic heterocycles. The lowest BCUT2D eigenvalue weighted by atomic mass is 10.1. The number of carbonyl (C=O) groups excluding carboxylic acids is 1. The minimum absolute atomic E-state index is 0.00607. The molecule has 0 aliphatic rings. The summed E-state index contributed by atoms with van der Waals surface area (Å²) in [6, 6.07) is 22.9. The highest BCUT2D eigenvalue weighted by molar-refractivity contribution is 7.91.